The van der Waals surface area contributed by atoms with Gasteiger partial charge in [-0.15, -0.1) is 0 Å². The summed E-state index contributed by atoms with van der Waals surface area (Å²) in [4.78, 5) is 23.4. The third kappa shape index (κ3) is 5.37. The van der Waals surface area contributed by atoms with Gasteiger partial charge in [0.05, 0.1) is 21.3 Å². The van der Waals surface area contributed by atoms with Gasteiger partial charge in [-0.25, -0.2) is 4.79 Å². The normalized spacial score (nSPS) is 10.1. The fourth-order valence-electron chi connectivity index (χ4n) is 2.32. The molecule has 0 heterocycles. The van der Waals surface area contributed by atoms with E-state index in [1.165, 1.54) is 21.1 Å². The molecule has 0 aliphatic rings. The predicted molar refractivity (Wildman–Crippen MR) is 97.8 cm³/mol. The van der Waals surface area contributed by atoms with E-state index >= 15 is 0 Å². The summed E-state index contributed by atoms with van der Waals surface area (Å²) in [5.74, 6) is 1.24. The molecule has 0 bridgehead atoms. The molecule has 2 rings (SSSR count). The van der Waals surface area contributed by atoms with E-state index in [1.54, 1.807) is 43.5 Å². The fraction of sp³-hybridized carbons (Fsp3) is 0.300. The van der Waals surface area contributed by atoms with Gasteiger partial charge >= 0.3 is 5.97 Å². The Kier molecular flexibility index (Phi) is 7.05. The first-order chi connectivity index (χ1) is 13.0. The minimum absolute atomic E-state index is 0.0724. The van der Waals surface area contributed by atoms with Gasteiger partial charge in [0.25, 0.3) is 0 Å². The number of carbonyl (C=O) groups is 2. The average Bonchev–Trinajstić information content (AvgIpc) is 2.69. The number of hydrogen-bond acceptors (Lipinski definition) is 7. The summed E-state index contributed by atoms with van der Waals surface area (Å²) in [5.41, 5.74) is 1.25. The van der Waals surface area contributed by atoms with Crippen LogP contribution < -0.4 is 18.9 Å². The highest BCUT2D eigenvalue weighted by Gasteiger charge is 2.12. The lowest BCUT2D eigenvalue weighted by molar-refractivity contribution is -0.147. The van der Waals surface area contributed by atoms with E-state index in [0.717, 1.165) is 5.56 Å². The number of ketones is 1. The van der Waals surface area contributed by atoms with E-state index in [1.807, 2.05) is 0 Å². The molecular weight excluding hydrogens is 352 g/mol. The molecule has 0 spiro atoms. The highest BCUT2D eigenvalue weighted by molar-refractivity contribution is 5.94. The summed E-state index contributed by atoms with van der Waals surface area (Å²) in [5, 5.41) is 0. The van der Waals surface area contributed by atoms with Crippen molar-refractivity contribution >= 4 is 11.8 Å². The highest BCUT2D eigenvalue weighted by Crippen LogP contribution is 2.29. The van der Waals surface area contributed by atoms with Crippen molar-refractivity contribution in [3.63, 3.8) is 0 Å². The summed E-state index contributed by atoms with van der Waals surface area (Å²) in [6.45, 7) is 1.24. The maximum atomic E-state index is 11.9. The van der Waals surface area contributed by atoms with Crippen LogP contribution in [0.4, 0.5) is 0 Å². The van der Waals surface area contributed by atoms with Crippen molar-refractivity contribution in [3.05, 3.63) is 47.5 Å². The first kappa shape index (κ1) is 20.1. The van der Waals surface area contributed by atoms with Crippen molar-refractivity contribution < 1.29 is 33.3 Å². The van der Waals surface area contributed by atoms with E-state index in [-0.39, 0.29) is 19.0 Å². The van der Waals surface area contributed by atoms with Crippen LogP contribution in [0.3, 0.4) is 0 Å². The zero-order valence-corrected chi connectivity index (χ0v) is 15.7. The summed E-state index contributed by atoms with van der Waals surface area (Å²) in [6.07, 6.45) is 0. The highest BCUT2D eigenvalue weighted by atomic mass is 16.6. The SMILES string of the molecule is COc1ccc(COC(=O)COc2ccc(C(C)=O)cc2OC)cc1OC. The average molecular weight is 374 g/mol. The maximum Gasteiger partial charge on any atom is 0.344 e. The molecule has 0 aliphatic heterocycles. The van der Waals surface area contributed by atoms with Crippen LogP contribution >= 0.6 is 0 Å². The molecule has 0 atom stereocenters. The summed E-state index contributed by atoms with van der Waals surface area (Å²) < 4.78 is 26.2. The van der Waals surface area contributed by atoms with Gasteiger partial charge < -0.3 is 23.7 Å². The molecule has 0 saturated carbocycles. The van der Waals surface area contributed by atoms with Crippen molar-refractivity contribution in [2.75, 3.05) is 27.9 Å². The number of carbonyl (C=O) groups excluding carboxylic acids is 2. The minimum atomic E-state index is -0.539. The lowest BCUT2D eigenvalue weighted by atomic mass is 10.1. The van der Waals surface area contributed by atoms with Crippen LogP contribution in [0.15, 0.2) is 36.4 Å². The Morgan fingerprint density at radius 3 is 2.07 bits per heavy atom. The van der Waals surface area contributed by atoms with Crippen LogP contribution in [0.1, 0.15) is 22.8 Å². The minimum Gasteiger partial charge on any atom is -0.493 e. The van der Waals surface area contributed by atoms with Crippen LogP contribution in [0.5, 0.6) is 23.0 Å². The molecule has 27 heavy (non-hydrogen) atoms. The Balaban J connectivity index is 1.92. The summed E-state index contributed by atoms with van der Waals surface area (Å²) in [6, 6.07) is 9.99. The lowest BCUT2D eigenvalue weighted by Gasteiger charge is -2.12. The largest absolute Gasteiger partial charge is 0.493 e. The first-order valence-electron chi connectivity index (χ1n) is 8.16. The first-order valence-corrected chi connectivity index (χ1v) is 8.16. The number of rotatable bonds is 9. The number of benzene rings is 2. The Morgan fingerprint density at radius 1 is 0.815 bits per heavy atom. The van der Waals surface area contributed by atoms with Gasteiger partial charge in [0.1, 0.15) is 6.61 Å². The van der Waals surface area contributed by atoms with Gasteiger partial charge in [-0.2, -0.15) is 0 Å². The standard InChI is InChI=1S/C20H22O7/c1-13(21)15-6-8-17(19(10-15)25-4)26-12-20(22)27-11-14-5-7-16(23-2)18(9-14)24-3/h5-10H,11-12H2,1-4H3. The second kappa shape index (κ2) is 9.47. The molecule has 2 aromatic carbocycles. The van der Waals surface area contributed by atoms with Crippen LogP contribution in [0.25, 0.3) is 0 Å². The third-order valence-corrected chi connectivity index (χ3v) is 3.76. The Hall–Kier alpha value is -3.22. The third-order valence-electron chi connectivity index (χ3n) is 3.76. The lowest BCUT2D eigenvalue weighted by Crippen LogP contribution is -2.15. The van der Waals surface area contributed by atoms with Crippen molar-refractivity contribution in [2.45, 2.75) is 13.5 Å². The Morgan fingerprint density at radius 2 is 1.44 bits per heavy atom. The molecule has 7 nitrogen and oxygen atoms in total. The van der Waals surface area contributed by atoms with Gasteiger partial charge in [-0.05, 0) is 42.8 Å². The zero-order chi connectivity index (χ0) is 19.8. The van der Waals surface area contributed by atoms with Crippen molar-refractivity contribution in [1.82, 2.24) is 0 Å². The van der Waals surface area contributed by atoms with Crippen LogP contribution in [-0.4, -0.2) is 39.7 Å². The second-order valence-corrected chi connectivity index (χ2v) is 5.56. The molecule has 2 aromatic rings. The molecule has 0 amide bonds. The van der Waals surface area contributed by atoms with Gasteiger partial charge in [0.15, 0.2) is 35.4 Å². The zero-order valence-electron chi connectivity index (χ0n) is 15.7. The number of methoxy groups -OCH3 is 3. The molecule has 0 unspecified atom stereocenters. The van der Waals surface area contributed by atoms with Crippen molar-refractivity contribution in [3.8, 4) is 23.0 Å². The van der Waals surface area contributed by atoms with Gasteiger partial charge in [-0.1, -0.05) is 6.07 Å². The van der Waals surface area contributed by atoms with Crippen molar-refractivity contribution in [1.29, 1.82) is 0 Å². The van der Waals surface area contributed by atoms with E-state index in [2.05, 4.69) is 0 Å². The number of Topliss-reactive ketones (excluding diaryl/α,β-unsaturated/α-hetero) is 1. The molecule has 144 valence electrons. The van der Waals surface area contributed by atoms with Crippen LogP contribution in [0.2, 0.25) is 0 Å². The number of ether oxygens (including phenoxy) is 5. The Labute approximate surface area is 157 Å². The number of esters is 1. The monoisotopic (exact) mass is 374 g/mol. The van der Waals surface area contributed by atoms with E-state index in [4.69, 9.17) is 23.7 Å². The molecular formula is C20H22O7. The fourth-order valence-corrected chi connectivity index (χ4v) is 2.32. The van der Waals surface area contributed by atoms with E-state index in [9.17, 15) is 9.59 Å². The molecule has 0 aliphatic carbocycles. The number of hydrogen-bond donors (Lipinski definition) is 0. The summed E-state index contributed by atoms with van der Waals surface area (Å²) >= 11 is 0. The molecule has 0 radical (unpaired) electrons. The van der Waals surface area contributed by atoms with Crippen molar-refractivity contribution in [2.24, 2.45) is 0 Å². The van der Waals surface area contributed by atoms with Crippen LogP contribution in [0, 0.1) is 0 Å². The topological polar surface area (TPSA) is 80.3 Å². The molecule has 0 N–H and O–H groups in total. The smallest absolute Gasteiger partial charge is 0.344 e. The quantitative estimate of drug-likeness (QED) is 0.493. The van der Waals surface area contributed by atoms with Gasteiger partial charge in [-0.3, -0.25) is 4.79 Å². The Bertz CT molecular complexity index is 814. The molecule has 0 fully saturated rings. The second-order valence-electron chi connectivity index (χ2n) is 5.56. The summed E-state index contributed by atoms with van der Waals surface area (Å²) in [7, 11) is 4.54. The van der Waals surface area contributed by atoms with Gasteiger partial charge in [0.2, 0.25) is 0 Å². The van der Waals surface area contributed by atoms with Gasteiger partial charge in [0, 0.05) is 5.56 Å². The van der Waals surface area contributed by atoms with E-state index in [0.29, 0.717) is 28.6 Å². The maximum absolute atomic E-state index is 11.9. The molecule has 0 aromatic heterocycles. The molecule has 7 heteroatoms. The predicted octanol–water partition coefficient (Wildman–Crippen LogP) is 3.04. The van der Waals surface area contributed by atoms with E-state index < -0.39 is 5.97 Å². The molecule has 0 saturated heterocycles. The van der Waals surface area contributed by atoms with Crippen LogP contribution in [-0.2, 0) is 16.1 Å².